The molecule has 0 heterocycles. The molecule has 2 amide bonds. The maximum absolute atomic E-state index is 13.3. The number of hydrogen-bond donors (Lipinski definition) is 1. The molecule has 162 valence electrons. The van der Waals surface area contributed by atoms with E-state index in [9.17, 15) is 9.59 Å². The lowest BCUT2D eigenvalue weighted by molar-refractivity contribution is -0.140. The van der Waals surface area contributed by atoms with Crippen molar-refractivity contribution in [3.8, 4) is 0 Å². The Kier molecular flexibility index (Phi) is 7.45. The van der Waals surface area contributed by atoms with Gasteiger partial charge in [-0.1, -0.05) is 72.3 Å². The van der Waals surface area contributed by atoms with Crippen LogP contribution < -0.4 is 5.32 Å². The second-order valence-corrected chi connectivity index (χ2v) is 8.49. The monoisotopic (exact) mass is 416 g/mol. The van der Waals surface area contributed by atoms with Crippen LogP contribution in [0.3, 0.4) is 0 Å². The molecule has 0 bridgehead atoms. The molecule has 1 unspecified atom stereocenters. The molecular weight excluding hydrogens is 384 g/mol. The van der Waals surface area contributed by atoms with Crippen LogP contribution in [0.4, 0.5) is 0 Å². The largest absolute Gasteiger partial charge is 0.352 e. The summed E-state index contributed by atoms with van der Waals surface area (Å²) in [6.07, 6.45) is 1.00. The van der Waals surface area contributed by atoms with E-state index in [1.165, 1.54) is 10.8 Å². The maximum atomic E-state index is 13.3. The summed E-state index contributed by atoms with van der Waals surface area (Å²) in [6, 6.07) is 22.0. The zero-order valence-corrected chi connectivity index (χ0v) is 18.9. The highest BCUT2D eigenvalue weighted by atomic mass is 16.2. The fourth-order valence-corrected chi connectivity index (χ4v) is 3.89. The number of nitrogens with zero attached hydrogens (tertiary/aromatic N) is 1. The van der Waals surface area contributed by atoms with E-state index in [1.54, 1.807) is 4.90 Å². The Morgan fingerprint density at radius 3 is 2.39 bits per heavy atom. The lowest BCUT2D eigenvalue weighted by atomic mass is 10.0. The molecular formula is C27H32N2O2. The molecule has 3 aromatic rings. The van der Waals surface area contributed by atoms with E-state index >= 15 is 0 Å². The zero-order chi connectivity index (χ0) is 22.4. The fourth-order valence-electron chi connectivity index (χ4n) is 3.89. The standard InChI is InChI=1S/C27H32N2O2/c1-19(2)28-27(31)21(4)29(18-22-10-7-9-20(3)17-22)26(30)16-15-24-13-8-12-23-11-5-6-14-25(23)24/h5-14,17,19,21H,15-16,18H2,1-4H3,(H,28,31). The first-order valence-electron chi connectivity index (χ1n) is 11.0. The molecule has 0 spiro atoms. The number of hydrogen-bond acceptors (Lipinski definition) is 2. The van der Waals surface area contributed by atoms with Gasteiger partial charge in [-0.25, -0.2) is 0 Å². The highest BCUT2D eigenvalue weighted by molar-refractivity contribution is 5.89. The normalized spacial score (nSPS) is 12.0. The number of carbonyl (C=O) groups is 2. The first-order chi connectivity index (χ1) is 14.8. The van der Waals surface area contributed by atoms with Crippen LogP contribution in [0, 0.1) is 6.92 Å². The molecule has 1 N–H and O–H groups in total. The molecule has 0 saturated heterocycles. The third kappa shape index (κ3) is 5.94. The van der Waals surface area contributed by atoms with Crippen LogP contribution in [-0.2, 0) is 22.6 Å². The average molecular weight is 417 g/mol. The number of benzene rings is 3. The quantitative estimate of drug-likeness (QED) is 0.560. The highest BCUT2D eigenvalue weighted by Gasteiger charge is 2.26. The molecule has 3 rings (SSSR count). The van der Waals surface area contributed by atoms with Gasteiger partial charge in [0.2, 0.25) is 11.8 Å². The van der Waals surface area contributed by atoms with E-state index in [2.05, 4.69) is 35.6 Å². The van der Waals surface area contributed by atoms with Gasteiger partial charge in [-0.3, -0.25) is 9.59 Å². The van der Waals surface area contributed by atoms with Crippen LogP contribution >= 0.6 is 0 Å². The summed E-state index contributed by atoms with van der Waals surface area (Å²) in [5.74, 6) is -0.137. The summed E-state index contributed by atoms with van der Waals surface area (Å²) in [6.45, 7) is 8.12. The van der Waals surface area contributed by atoms with E-state index in [0.717, 1.165) is 16.7 Å². The molecule has 0 saturated carbocycles. The van der Waals surface area contributed by atoms with Gasteiger partial charge in [0.25, 0.3) is 0 Å². The molecule has 0 radical (unpaired) electrons. The van der Waals surface area contributed by atoms with Crippen LogP contribution in [0.1, 0.15) is 43.9 Å². The topological polar surface area (TPSA) is 49.4 Å². The molecule has 31 heavy (non-hydrogen) atoms. The second kappa shape index (κ2) is 10.3. The SMILES string of the molecule is Cc1cccc(CN(C(=O)CCc2cccc3ccccc23)C(C)C(=O)NC(C)C)c1. The minimum absolute atomic E-state index is 0.0131. The van der Waals surface area contributed by atoms with Gasteiger partial charge >= 0.3 is 0 Å². The van der Waals surface area contributed by atoms with Gasteiger partial charge in [0.05, 0.1) is 0 Å². The summed E-state index contributed by atoms with van der Waals surface area (Å²) < 4.78 is 0. The van der Waals surface area contributed by atoms with Crippen LogP contribution in [0.5, 0.6) is 0 Å². The number of nitrogens with one attached hydrogen (secondary N) is 1. The first kappa shape index (κ1) is 22.5. The summed E-state index contributed by atoms with van der Waals surface area (Å²) >= 11 is 0. The number of amides is 2. The van der Waals surface area contributed by atoms with Crippen molar-refractivity contribution < 1.29 is 9.59 Å². The van der Waals surface area contributed by atoms with E-state index in [4.69, 9.17) is 0 Å². The average Bonchev–Trinajstić information content (AvgIpc) is 2.75. The van der Waals surface area contributed by atoms with Gasteiger partial charge in [0.1, 0.15) is 6.04 Å². The molecule has 0 aromatic heterocycles. The molecule has 0 aliphatic carbocycles. The minimum Gasteiger partial charge on any atom is -0.352 e. The van der Waals surface area contributed by atoms with Gasteiger partial charge < -0.3 is 10.2 Å². The second-order valence-electron chi connectivity index (χ2n) is 8.49. The third-order valence-electron chi connectivity index (χ3n) is 5.52. The Balaban J connectivity index is 1.79. The lowest BCUT2D eigenvalue weighted by Gasteiger charge is -2.29. The van der Waals surface area contributed by atoms with Crippen molar-refractivity contribution in [1.82, 2.24) is 10.2 Å². The number of aryl methyl sites for hydroxylation is 2. The Bertz CT molecular complexity index is 1050. The van der Waals surface area contributed by atoms with E-state index in [1.807, 2.05) is 64.1 Å². The van der Waals surface area contributed by atoms with E-state index < -0.39 is 6.04 Å². The zero-order valence-electron chi connectivity index (χ0n) is 18.9. The fraction of sp³-hybridized carbons (Fsp3) is 0.333. The molecule has 4 heteroatoms. The summed E-state index contributed by atoms with van der Waals surface area (Å²) in [5, 5.41) is 5.29. The smallest absolute Gasteiger partial charge is 0.242 e. The molecule has 0 fully saturated rings. The molecule has 0 aliphatic heterocycles. The van der Waals surface area contributed by atoms with Crippen molar-refractivity contribution in [2.24, 2.45) is 0 Å². The summed E-state index contributed by atoms with van der Waals surface area (Å²) in [4.78, 5) is 27.7. The van der Waals surface area contributed by atoms with Gasteiger partial charge in [-0.2, -0.15) is 0 Å². The van der Waals surface area contributed by atoms with Crippen LogP contribution in [0.15, 0.2) is 66.7 Å². The number of carbonyl (C=O) groups excluding carboxylic acids is 2. The van der Waals surface area contributed by atoms with Gasteiger partial charge in [0.15, 0.2) is 0 Å². The Labute approximate surface area is 185 Å². The molecule has 4 nitrogen and oxygen atoms in total. The van der Waals surface area contributed by atoms with Crippen molar-refractivity contribution in [2.45, 2.75) is 59.2 Å². The maximum Gasteiger partial charge on any atom is 0.242 e. The Morgan fingerprint density at radius 1 is 0.935 bits per heavy atom. The number of rotatable bonds is 8. The Hall–Kier alpha value is -3.14. The van der Waals surface area contributed by atoms with Crippen molar-refractivity contribution >= 4 is 22.6 Å². The minimum atomic E-state index is -0.539. The van der Waals surface area contributed by atoms with E-state index in [0.29, 0.717) is 19.4 Å². The van der Waals surface area contributed by atoms with Crippen molar-refractivity contribution in [2.75, 3.05) is 0 Å². The van der Waals surface area contributed by atoms with Gasteiger partial charge in [0, 0.05) is 19.0 Å². The summed E-state index contributed by atoms with van der Waals surface area (Å²) in [5.41, 5.74) is 3.32. The van der Waals surface area contributed by atoms with Crippen LogP contribution in [0.25, 0.3) is 10.8 Å². The predicted molar refractivity (Wildman–Crippen MR) is 127 cm³/mol. The Morgan fingerprint density at radius 2 is 1.65 bits per heavy atom. The predicted octanol–water partition coefficient (Wildman–Crippen LogP) is 5.02. The van der Waals surface area contributed by atoms with Crippen molar-refractivity contribution in [3.05, 3.63) is 83.4 Å². The van der Waals surface area contributed by atoms with Crippen molar-refractivity contribution in [3.63, 3.8) is 0 Å². The van der Waals surface area contributed by atoms with Gasteiger partial charge in [-0.15, -0.1) is 0 Å². The van der Waals surface area contributed by atoms with E-state index in [-0.39, 0.29) is 17.9 Å². The molecule has 3 aromatic carbocycles. The summed E-state index contributed by atoms with van der Waals surface area (Å²) in [7, 11) is 0. The molecule has 0 aliphatic rings. The number of fused-ring (bicyclic) bond motifs is 1. The van der Waals surface area contributed by atoms with Gasteiger partial charge in [-0.05, 0) is 56.0 Å². The van der Waals surface area contributed by atoms with Crippen molar-refractivity contribution in [1.29, 1.82) is 0 Å². The van der Waals surface area contributed by atoms with Crippen LogP contribution in [0.2, 0.25) is 0 Å². The van der Waals surface area contributed by atoms with Crippen LogP contribution in [-0.4, -0.2) is 28.8 Å². The highest BCUT2D eigenvalue weighted by Crippen LogP contribution is 2.21. The molecule has 1 atom stereocenters. The first-order valence-corrected chi connectivity index (χ1v) is 11.0. The third-order valence-corrected chi connectivity index (χ3v) is 5.52. The lowest BCUT2D eigenvalue weighted by Crippen LogP contribution is -2.49.